The molecule has 3 aromatic rings. The van der Waals surface area contributed by atoms with Crippen LogP contribution in [0.4, 0.5) is 22.7 Å². The van der Waals surface area contributed by atoms with Gasteiger partial charge in [0, 0.05) is 36.5 Å². The maximum atomic E-state index is 12.8. The Bertz CT molecular complexity index is 1210. The average molecular weight is 483 g/mol. The molecule has 1 fully saturated rings. The maximum absolute atomic E-state index is 12.8. The van der Waals surface area contributed by atoms with E-state index < -0.39 is 10.8 Å². The number of methoxy groups -OCH3 is 1. The third-order valence-electron chi connectivity index (χ3n) is 5.24. The highest BCUT2D eigenvalue weighted by molar-refractivity contribution is 7.12. The van der Waals surface area contributed by atoms with Crippen LogP contribution in [0.25, 0.3) is 0 Å². The van der Waals surface area contributed by atoms with Crippen molar-refractivity contribution < 1.29 is 24.0 Å². The number of hydrogen-bond donors (Lipinski definition) is 2. The predicted octanol–water partition coefficient (Wildman–Crippen LogP) is 4.01. The second-order valence-electron chi connectivity index (χ2n) is 7.36. The van der Waals surface area contributed by atoms with E-state index in [1.54, 1.807) is 42.5 Å². The number of hydrogen-bond acceptors (Lipinski definition) is 8. The summed E-state index contributed by atoms with van der Waals surface area (Å²) in [6, 6.07) is 12.7. The van der Waals surface area contributed by atoms with E-state index in [0.717, 1.165) is 0 Å². The fourth-order valence-electron chi connectivity index (χ4n) is 3.55. The maximum Gasteiger partial charge on any atom is 0.293 e. The molecule has 11 heteroatoms. The Morgan fingerprint density at radius 1 is 1.09 bits per heavy atom. The molecule has 0 unspecified atom stereocenters. The van der Waals surface area contributed by atoms with Gasteiger partial charge < -0.3 is 25.0 Å². The van der Waals surface area contributed by atoms with E-state index >= 15 is 0 Å². The van der Waals surface area contributed by atoms with E-state index in [1.165, 1.54) is 24.5 Å². The van der Waals surface area contributed by atoms with Crippen molar-refractivity contribution in [3.05, 3.63) is 74.5 Å². The van der Waals surface area contributed by atoms with E-state index in [0.29, 0.717) is 54.0 Å². The van der Waals surface area contributed by atoms with Gasteiger partial charge in [-0.1, -0.05) is 6.07 Å². The van der Waals surface area contributed by atoms with Gasteiger partial charge in [-0.2, -0.15) is 0 Å². The smallest absolute Gasteiger partial charge is 0.293 e. The van der Waals surface area contributed by atoms with Crippen molar-refractivity contribution in [2.45, 2.75) is 0 Å². The highest BCUT2D eigenvalue weighted by atomic mass is 32.1. The van der Waals surface area contributed by atoms with Gasteiger partial charge in [-0.25, -0.2) is 0 Å². The van der Waals surface area contributed by atoms with Gasteiger partial charge in [0.05, 0.1) is 35.8 Å². The summed E-state index contributed by atoms with van der Waals surface area (Å²) in [7, 11) is 1.45. The van der Waals surface area contributed by atoms with E-state index in [1.807, 2.05) is 10.3 Å². The lowest BCUT2D eigenvalue weighted by Crippen LogP contribution is -2.36. The van der Waals surface area contributed by atoms with Crippen molar-refractivity contribution in [3.8, 4) is 5.75 Å². The molecule has 0 saturated carbocycles. The van der Waals surface area contributed by atoms with Crippen LogP contribution in [0.2, 0.25) is 0 Å². The first-order valence-corrected chi connectivity index (χ1v) is 11.3. The van der Waals surface area contributed by atoms with Crippen molar-refractivity contribution in [2.75, 3.05) is 48.9 Å². The topological polar surface area (TPSA) is 123 Å². The SMILES string of the molecule is COc1cc(NC(=O)c2ccc(N3CCOCC3)c([N+](=O)[O-])c2)ccc1NC(=O)c1cccs1. The summed E-state index contributed by atoms with van der Waals surface area (Å²) in [4.78, 5) is 38.7. The summed E-state index contributed by atoms with van der Waals surface area (Å²) < 4.78 is 10.7. The normalized spacial score (nSPS) is 13.3. The molecule has 10 nitrogen and oxygen atoms in total. The third-order valence-corrected chi connectivity index (χ3v) is 6.11. The molecule has 1 saturated heterocycles. The molecule has 0 spiro atoms. The monoisotopic (exact) mass is 482 g/mol. The molecular formula is C23H22N4O6S. The Balaban J connectivity index is 1.51. The van der Waals surface area contributed by atoms with Gasteiger partial charge in [0.1, 0.15) is 11.4 Å². The molecule has 2 aromatic carbocycles. The van der Waals surface area contributed by atoms with Crippen molar-refractivity contribution in [2.24, 2.45) is 0 Å². The summed E-state index contributed by atoms with van der Waals surface area (Å²) in [5.41, 5.74) is 1.33. The quantitative estimate of drug-likeness (QED) is 0.385. The van der Waals surface area contributed by atoms with Crippen LogP contribution in [-0.4, -0.2) is 50.2 Å². The minimum Gasteiger partial charge on any atom is -0.494 e. The van der Waals surface area contributed by atoms with E-state index in [9.17, 15) is 19.7 Å². The summed E-state index contributed by atoms with van der Waals surface area (Å²) in [5, 5.41) is 19.0. The molecule has 4 rings (SSSR count). The molecule has 176 valence electrons. The lowest BCUT2D eigenvalue weighted by molar-refractivity contribution is -0.384. The van der Waals surface area contributed by atoms with Crippen LogP contribution in [0, 0.1) is 10.1 Å². The Labute approximate surface area is 199 Å². The Morgan fingerprint density at radius 2 is 1.88 bits per heavy atom. The second-order valence-corrected chi connectivity index (χ2v) is 8.31. The fourth-order valence-corrected chi connectivity index (χ4v) is 4.17. The number of benzene rings is 2. The molecule has 0 aliphatic carbocycles. The highest BCUT2D eigenvalue weighted by Crippen LogP contribution is 2.32. The molecule has 1 aromatic heterocycles. The summed E-state index contributed by atoms with van der Waals surface area (Å²) >= 11 is 1.32. The van der Waals surface area contributed by atoms with Crippen LogP contribution in [0.5, 0.6) is 5.75 Å². The van der Waals surface area contributed by atoms with Crippen molar-refractivity contribution >= 4 is 45.9 Å². The molecule has 2 amide bonds. The van der Waals surface area contributed by atoms with E-state index in [-0.39, 0.29) is 17.2 Å². The standard InChI is InChI=1S/C23H22N4O6S/c1-32-20-14-16(5-6-17(20)25-23(29)21-3-2-12-34-21)24-22(28)15-4-7-18(19(13-15)27(30)31)26-8-10-33-11-9-26/h2-7,12-14H,8-11H2,1H3,(H,24,28)(H,25,29). The van der Waals surface area contributed by atoms with Gasteiger partial charge >= 0.3 is 0 Å². The molecule has 1 aliphatic heterocycles. The largest absolute Gasteiger partial charge is 0.494 e. The number of ether oxygens (including phenoxy) is 2. The number of nitro benzene ring substituents is 1. The molecule has 2 heterocycles. The third kappa shape index (κ3) is 5.16. The first-order valence-electron chi connectivity index (χ1n) is 10.4. The number of thiophene rings is 1. The summed E-state index contributed by atoms with van der Waals surface area (Å²) in [6.07, 6.45) is 0. The number of nitrogens with zero attached hydrogens (tertiary/aromatic N) is 2. The van der Waals surface area contributed by atoms with Crippen LogP contribution in [-0.2, 0) is 4.74 Å². The van der Waals surface area contributed by atoms with Gasteiger partial charge in [0.25, 0.3) is 17.5 Å². The van der Waals surface area contributed by atoms with Gasteiger partial charge in [0.15, 0.2) is 0 Å². The predicted molar refractivity (Wildman–Crippen MR) is 129 cm³/mol. The van der Waals surface area contributed by atoms with Crippen molar-refractivity contribution in [1.29, 1.82) is 0 Å². The van der Waals surface area contributed by atoms with E-state index in [4.69, 9.17) is 9.47 Å². The van der Waals surface area contributed by atoms with Gasteiger partial charge in [-0.05, 0) is 35.7 Å². The molecule has 0 radical (unpaired) electrons. The van der Waals surface area contributed by atoms with Gasteiger partial charge in [-0.15, -0.1) is 11.3 Å². The number of carbonyl (C=O) groups is 2. The number of amides is 2. The molecule has 0 atom stereocenters. The minimum absolute atomic E-state index is 0.140. The Morgan fingerprint density at radius 3 is 2.56 bits per heavy atom. The second kappa shape index (κ2) is 10.3. The van der Waals surface area contributed by atoms with Crippen LogP contribution < -0.4 is 20.3 Å². The van der Waals surface area contributed by atoms with E-state index in [2.05, 4.69) is 10.6 Å². The lowest BCUT2D eigenvalue weighted by atomic mass is 10.1. The number of rotatable bonds is 7. The van der Waals surface area contributed by atoms with Crippen molar-refractivity contribution in [1.82, 2.24) is 0 Å². The van der Waals surface area contributed by atoms with Crippen LogP contribution in [0.15, 0.2) is 53.9 Å². The number of anilines is 3. The zero-order valence-corrected chi connectivity index (χ0v) is 19.1. The Hall–Kier alpha value is -3.96. The summed E-state index contributed by atoms with van der Waals surface area (Å²) in [6.45, 7) is 2.07. The fraction of sp³-hybridized carbons (Fsp3) is 0.217. The minimum atomic E-state index is -0.506. The number of nitro groups is 1. The number of nitrogens with one attached hydrogen (secondary N) is 2. The lowest BCUT2D eigenvalue weighted by Gasteiger charge is -2.28. The van der Waals surface area contributed by atoms with Crippen LogP contribution >= 0.6 is 11.3 Å². The zero-order valence-electron chi connectivity index (χ0n) is 18.3. The molecule has 0 bridgehead atoms. The van der Waals surface area contributed by atoms with Crippen LogP contribution in [0.3, 0.4) is 0 Å². The van der Waals surface area contributed by atoms with Crippen molar-refractivity contribution in [3.63, 3.8) is 0 Å². The molecule has 1 aliphatic rings. The van der Waals surface area contributed by atoms with Gasteiger partial charge in [-0.3, -0.25) is 19.7 Å². The Kier molecular flexibility index (Phi) is 7.04. The summed E-state index contributed by atoms with van der Waals surface area (Å²) in [5.74, 6) is -0.414. The number of morpholine rings is 1. The first kappa shape index (κ1) is 23.2. The molecular weight excluding hydrogens is 460 g/mol. The number of carbonyl (C=O) groups excluding carboxylic acids is 2. The average Bonchev–Trinajstić information content (AvgIpc) is 3.40. The molecule has 2 N–H and O–H groups in total. The first-order chi connectivity index (χ1) is 16.5. The van der Waals surface area contributed by atoms with Crippen LogP contribution in [0.1, 0.15) is 20.0 Å². The molecule has 34 heavy (non-hydrogen) atoms. The highest BCUT2D eigenvalue weighted by Gasteiger charge is 2.23. The van der Waals surface area contributed by atoms with Gasteiger partial charge in [0.2, 0.25) is 0 Å². The zero-order chi connectivity index (χ0) is 24.1.